The van der Waals surface area contributed by atoms with Gasteiger partial charge in [0.05, 0.1) is 35.9 Å². The summed E-state index contributed by atoms with van der Waals surface area (Å²) in [4.78, 5) is 17.8. The molecule has 0 N–H and O–H groups in total. The number of tetrazole rings is 1. The summed E-state index contributed by atoms with van der Waals surface area (Å²) in [6.07, 6.45) is 3.02. The van der Waals surface area contributed by atoms with E-state index in [1.165, 1.54) is 11.6 Å². The predicted octanol–water partition coefficient (Wildman–Crippen LogP) is 1.99. The van der Waals surface area contributed by atoms with Gasteiger partial charge < -0.3 is 9.64 Å². The van der Waals surface area contributed by atoms with Gasteiger partial charge in [0.2, 0.25) is 5.91 Å². The van der Waals surface area contributed by atoms with E-state index < -0.39 is 5.82 Å². The van der Waals surface area contributed by atoms with Gasteiger partial charge in [0.15, 0.2) is 0 Å². The van der Waals surface area contributed by atoms with E-state index in [4.69, 9.17) is 10.00 Å². The lowest BCUT2D eigenvalue weighted by atomic mass is 9.97. The summed E-state index contributed by atoms with van der Waals surface area (Å²) in [5.41, 5.74) is 4.01. The Labute approximate surface area is 201 Å². The molecular formula is C25H24FN7O2. The number of piperazine rings is 1. The normalized spacial score (nSPS) is 24.0. The molecule has 2 saturated heterocycles. The van der Waals surface area contributed by atoms with Crippen LogP contribution >= 0.6 is 0 Å². The number of amides is 1. The number of morpholine rings is 1. The van der Waals surface area contributed by atoms with Crippen molar-refractivity contribution < 1.29 is 13.9 Å². The summed E-state index contributed by atoms with van der Waals surface area (Å²) in [6.45, 7) is 3.22. The number of fused-ring (bicyclic) bond motifs is 2. The molecule has 1 aromatic heterocycles. The second-order valence-electron chi connectivity index (χ2n) is 9.33. The molecule has 2 aromatic carbocycles. The van der Waals surface area contributed by atoms with Gasteiger partial charge in [0.1, 0.15) is 18.2 Å². The van der Waals surface area contributed by atoms with Crippen molar-refractivity contribution in [3.8, 4) is 11.8 Å². The third kappa shape index (κ3) is 3.96. The van der Waals surface area contributed by atoms with Gasteiger partial charge in [-0.05, 0) is 64.2 Å². The maximum atomic E-state index is 13.7. The molecule has 2 fully saturated rings. The summed E-state index contributed by atoms with van der Waals surface area (Å²) >= 11 is 0. The average molecular weight is 474 g/mol. The molecule has 1 unspecified atom stereocenters. The minimum Gasteiger partial charge on any atom is -0.370 e. The molecule has 35 heavy (non-hydrogen) atoms. The van der Waals surface area contributed by atoms with Gasteiger partial charge in [-0.25, -0.2) is 9.07 Å². The number of carbonyl (C=O) groups is 1. The molecule has 6 rings (SSSR count). The van der Waals surface area contributed by atoms with Crippen molar-refractivity contribution in [2.24, 2.45) is 0 Å². The lowest BCUT2D eigenvalue weighted by Gasteiger charge is -2.46. The van der Waals surface area contributed by atoms with Crippen LogP contribution in [0.25, 0.3) is 5.69 Å². The number of ether oxygens (including phenoxy) is 1. The highest BCUT2D eigenvalue weighted by Crippen LogP contribution is 2.36. The highest BCUT2D eigenvalue weighted by molar-refractivity contribution is 5.85. The fourth-order valence-corrected chi connectivity index (χ4v) is 5.52. The zero-order valence-electron chi connectivity index (χ0n) is 19.0. The minimum absolute atomic E-state index is 0.0329. The Hall–Kier alpha value is -3.68. The molecule has 0 radical (unpaired) electrons. The highest BCUT2D eigenvalue weighted by Gasteiger charge is 2.39. The number of aryl methyl sites for hydroxylation is 1. The number of nitriles is 1. The standard InChI is InChI=1S/C25H24FN7O2/c26-23-6-2-17(9-18(23)11-27)24-13-31-7-8-32(12-20(31)14-35-24)25(34)22-4-1-16-10-19(3-5-21(16)22)33-15-28-29-30-33/h2-3,5-6,9-10,15,20,22,24H,1,4,7-8,12-14H2/t20-,22?,24-/m0/s1. The monoisotopic (exact) mass is 473 g/mol. The SMILES string of the molecule is N#Cc1cc([C@@H]2CN3CCN(C(=O)C4CCc5cc(-n6cnnn6)ccc54)C[C@H]3CO2)ccc1F. The van der Waals surface area contributed by atoms with Crippen LogP contribution in [0.2, 0.25) is 0 Å². The van der Waals surface area contributed by atoms with E-state index in [1.807, 2.05) is 23.1 Å². The van der Waals surface area contributed by atoms with Crippen molar-refractivity contribution in [3.63, 3.8) is 0 Å². The number of nitrogens with zero attached hydrogens (tertiary/aromatic N) is 7. The van der Waals surface area contributed by atoms with Crippen LogP contribution < -0.4 is 0 Å². The molecule has 3 aromatic rings. The van der Waals surface area contributed by atoms with Crippen molar-refractivity contribution in [1.29, 1.82) is 5.26 Å². The Kier molecular flexibility index (Phi) is 5.51. The van der Waals surface area contributed by atoms with Gasteiger partial charge in [0.25, 0.3) is 0 Å². The van der Waals surface area contributed by atoms with Gasteiger partial charge in [-0.3, -0.25) is 9.69 Å². The maximum absolute atomic E-state index is 13.7. The van der Waals surface area contributed by atoms with Gasteiger partial charge >= 0.3 is 0 Å². The molecule has 10 heteroatoms. The maximum Gasteiger partial charge on any atom is 0.230 e. The van der Waals surface area contributed by atoms with Crippen LogP contribution in [0.1, 0.15) is 40.7 Å². The summed E-state index contributed by atoms with van der Waals surface area (Å²) in [6, 6.07) is 12.7. The fourth-order valence-electron chi connectivity index (χ4n) is 5.52. The Balaban J connectivity index is 1.11. The van der Waals surface area contributed by atoms with Crippen LogP contribution in [0.3, 0.4) is 0 Å². The highest BCUT2D eigenvalue weighted by atomic mass is 19.1. The molecule has 0 spiro atoms. The van der Waals surface area contributed by atoms with Crippen LogP contribution in [0, 0.1) is 17.1 Å². The van der Waals surface area contributed by atoms with Crippen LogP contribution in [-0.4, -0.2) is 74.7 Å². The third-order valence-electron chi connectivity index (χ3n) is 7.41. The minimum atomic E-state index is -0.517. The second kappa shape index (κ2) is 8.83. The summed E-state index contributed by atoms with van der Waals surface area (Å²) in [7, 11) is 0. The number of carbonyl (C=O) groups excluding carboxylic acids is 1. The Morgan fingerprint density at radius 1 is 1.17 bits per heavy atom. The van der Waals surface area contributed by atoms with Crippen LogP contribution in [0.15, 0.2) is 42.7 Å². The van der Waals surface area contributed by atoms with Gasteiger partial charge in [0, 0.05) is 26.2 Å². The molecule has 3 heterocycles. The van der Waals surface area contributed by atoms with E-state index in [0.717, 1.165) is 36.2 Å². The average Bonchev–Trinajstić information content (AvgIpc) is 3.58. The predicted molar refractivity (Wildman–Crippen MR) is 122 cm³/mol. The molecule has 1 amide bonds. The fraction of sp³-hybridized carbons (Fsp3) is 0.400. The Morgan fingerprint density at radius 2 is 2.09 bits per heavy atom. The first-order valence-corrected chi connectivity index (χ1v) is 11.8. The molecule has 0 bridgehead atoms. The topological polar surface area (TPSA) is 100 Å². The van der Waals surface area contributed by atoms with E-state index >= 15 is 0 Å². The summed E-state index contributed by atoms with van der Waals surface area (Å²) in [5.74, 6) is -0.463. The lowest BCUT2D eigenvalue weighted by molar-refractivity contribution is -0.141. The quantitative estimate of drug-likeness (QED) is 0.574. The van der Waals surface area contributed by atoms with E-state index in [2.05, 4.69) is 26.5 Å². The number of rotatable bonds is 3. The summed E-state index contributed by atoms with van der Waals surface area (Å²) in [5, 5.41) is 20.5. The van der Waals surface area contributed by atoms with E-state index in [1.54, 1.807) is 23.1 Å². The summed E-state index contributed by atoms with van der Waals surface area (Å²) < 4.78 is 21.4. The van der Waals surface area contributed by atoms with E-state index in [-0.39, 0.29) is 29.5 Å². The number of hydrogen-bond donors (Lipinski definition) is 0. The first-order valence-electron chi connectivity index (χ1n) is 11.8. The number of benzene rings is 2. The molecule has 0 saturated carbocycles. The van der Waals surface area contributed by atoms with Crippen molar-refractivity contribution in [2.45, 2.75) is 30.9 Å². The molecular weight excluding hydrogens is 449 g/mol. The van der Waals surface area contributed by atoms with Crippen molar-refractivity contribution in [1.82, 2.24) is 30.0 Å². The van der Waals surface area contributed by atoms with Crippen LogP contribution in [0.4, 0.5) is 4.39 Å². The van der Waals surface area contributed by atoms with Crippen LogP contribution in [-0.2, 0) is 16.0 Å². The molecule has 3 aliphatic rings. The molecule has 3 atom stereocenters. The van der Waals surface area contributed by atoms with Gasteiger partial charge in [-0.2, -0.15) is 5.26 Å². The molecule has 9 nitrogen and oxygen atoms in total. The van der Waals surface area contributed by atoms with Gasteiger partial charge in [-0.15, -0.1) is 5.10 Å². The zero-order valence-corrected chi connectivity index (χ0v) is 19.0. The van der Waals surface area contributed by atoms with Crippen molar-refractivity contribution >= 4 is 5.91 Å². The molecule has 178 valence electrons. The smallest absolute Gasteiger partial charge is 0.230 e. The van der Waals surface area contributed by atoms with Gasteiger partial charge in [-0.1, -0.05) is 12.1 Å². The first kappa shape index (κ1) is 21.8. The molecule has 2 aliphatic heterocycles. The van der Waals surface area contributed by atoms with Crippen molar-refractivity contribution in [2.75, 3.05) is 32.8 Å². The Bertz CT molecular complexity index is 1310. The number of halogens is 1. The second-order valence-corrected chi connectivity index (χ2v) is 9.33. The largest absolute Gasteiger partial charge is 0.370 e. The zero-order chi connectivity index (χ0) is 23.9. The van der Waals surface area contributed by atoms with Crippen molar-refractivity contribution in [3.05, 3.63) is 70.8 Å². The van der Waals surface area contributed by atoms with Crippen LogP contribution in [0.5, 0.6) is 0 Å². The lowest BCUT2D eigenvalue weighted by Crippen LogP contribution is -2.60. The van der Waals surface area contributed by atoms with E-state index in [0.29, 0.717) is 26.2 Å². The number of hydrogen-bond acceptors (Lipinski definition) is 7. The third-order valence-corrected chi connectivity index (χ3v) is 7.41. The Morgan fingerprint density at radius 3 is 2.91 bits per heavy atom. The van der Waals surface area contributed by atoms with E-state index in [9.17, 15) is 9.18 Å². The first-order chi connectivity index (χ1) is 17.1. The number of aromatic nitrogens is 4. The molecule has 1 aliphatic carbocycles.